The number of likely N-dealkylation sites (tertiary alicyclic amines) is 1. The first-order valence-electron chi connectivity index (χ1n) is 8.95. The third-order valence-electron chi connectivity index (χ3n) is 5.21. The summed E-state index contributed by atoms with van der Waals surface area (Å²) in [5.74, 6) is -0.0585. The molecule has 2 heterocycles. The van der Waals surface area contributed by atoms with Gasteiger partial charge in [0.15, 0.2) is 0 Å². The first kappa shape index (κ1) is 17.3. The van der Waals surface area contributed by atoms with Crippen molar-refractivity contribution in [1.29, 1.82) is 0 Å². The molecule has 0 N–H and O–H groups in total. The molecule has 0 saturated carbocycles. The van der Waals surface area contributed by atoms with E-state index in [0.717, 1.165) is 34.6 Å². The van der Waals surface area contributed by atoms with Crippen molar-refractivity contribution >= 4 is 34.2 Å². The maximum atomic E-state index is 14.0. The van der Waals surface area contributed by atoms with Gasteiger partial charge in [0.05, 0.1) is 11.0 Å². The molecule has 1 aliphatic carbocycles. The lowest BCUT2D eigenvalue weighted by molar-refractivity contribution is 0.0504. The molecule has 0 unspecified atom stereocenters. The Labute approximate surface area is 156 Å². The van der Waals surface area contributed by atoms with Gasteiger partial charge in [0.25, 0.3) is 5.91 Å². The maximum Gasteiger partial charge on any atom is 0.253 e. The van der Waals surface area contributed by atoms with Gasteiger partial charge in [0, 0.05) is 29.4 Å². The van der Waals surface area contributed by atoms with Crippen LogP contribution in [0.2, 0.25) is 0 Å². The number of fused-ring (bicyclic) bond motifs is 1. The molecular weight excluding hydrogens is 353 g/mol. The summed E-state index contributed by atoms with van der Waals surface area (Å²) in [7, 11) is 0. The highest BCUT2D eigenvalue weighted by molar-refractivity contribution is 6.30. The van der Waals surface area contributed by atoms with Crippen molar-refractivity contribution in [1.82, 2.24) is 14.5 Å². The summed E-state index contributed by atoms with van der Waals surface area (Å²) in [4.78, 5) is 18.9. The number of carbonyl (C=O) groups is 1. The van der Waals surface area contributed by atoms with Gasteiger partial charge in [-0.2, -0.15) is 0 Å². The molecule has 1 aliphatic heterocycles. The Morgan fingerprint density at radius 2 is 2.08 bits per heavy atom. The molecule has 4 rings (SSSR count). The number of piperidine rings is 1. The molecule has 136 valence electrons. The zero-order valence-electron chi connectivity index (χ0n) is 14.7. The number of halogens is 2. The monoisotopic (exact) mass is 373 g/mol. The number of benzene rings is 1. The number of hydrogen-bond acceptors (Lipinski definition) is 2. The van der Waals surface area contributed by atoms with Crippen molar-refractivity contribution in [3.05, 3.63) is 47.3 Å². The molecule has 6 heteroatoms. The van der Waals surface area contributed by atoms with Gasteiger partial charge in [-0.15, -0.1) is 0 Å². The molecule has 1 aromatic heterocycles. The summed E-state index contributed by atoms with van der Waals surface area (Å²) >= 11 is 6.16. The molecule has 26 heavy (non-hydrogen) atoms. The van der Waals surface area contributed by atoms with Gasteiger partial charge in [-0.1, -0.05) is 17.7 Å². The highest BCUT2D eigenvalue weighted by Gasteiger charge is 2.31. The molecule has 2 aromatic rings. The van der Waals surface area contributed by atoms with Crippen molar-refractivity contribution in [2.24, 2.45) is 0 Å². The summed E-state index contributed by atoms with van der Waals surface area (Å²) in [6.45, 7) is 2.51. The molecule has 1 saturated heterocycles. The highest BCUT2D eigenvalue weighted by atomic mass is 35.5. The third kappa shape index (κ3) is 3.28. The average molecular weight is 374 g/mol. The third-order valence-corrected chi connectivity index (χ3v) is 5.50. The van der Waals surface area contributed by atoms with Crippen LogP contribution < -0.4 is 0 Å². The number of hydrogen-bond donors (Lipinski definition) is 0. The highest BCUT2D eigenvalue weighted by Crippen LogP contribution is 2.28. The minimum Gasteiger partial charge on any atom is -0.338 e. The van der Waals surface area contributed by atoms with Gasteiger partial charge in [-0.3, -0.25) is 9.36 Å². The fourth-order valence-electron chi connectivity index (χ4n) is 3.53. The quantitative estimate of drug-likeness (QED) is 0.761. The Morgan fingerprint density at radius 3 is 2.81 bits per heavy atom. The average Bonchev–Trinajstić information content (AvgIpc) is 3.04. The van der Waals surface area contributed by atoms with Gasteiger partial charge < -0.3 is 4.90 Å². The van der Waals surface area contributed by atoms with E-state index in [1.807, 2.05) is 28.8 Å². The van der Waals surface area contributed by atoms with E-state index in [0.29, 0.717) is 31.5 Å². The van der Waals surface area contributed by atoms with E-state index in [2.05, 4.69) is 11.1 Å². The molecule has 1 amide bonds. The van der Waals surface area contributed by atoms with Crippen molar-refractivity contribution < 1.29 is 9.18 Å². The zero-order valence-corrected chi connectivity index (χ0v) is 15.5. The molecule has 0 bridgehead atoms. The van der Waals surface area contributed by atoms with Gasteiger partial charge in [-0.05, 0) is 56.9 Å². The number of imidazole rings is 1. The van der Waals surface area contributed by atoms with Crippen LogP contribution in [0.15, 0.2) is 41.7 Å². The summed E-state index contributed by atoms with van der Waals surface area (Å²) in [5, 5.41) is 0.834. The molecule has 1 aromatic carbocycles. The summed E-state index contributed by atoms with van der Waals surface area (Å²) in [6.07, 6.45) is 8.38. The van der Waals surface area contributed by atoms with Crippen molar-refractivity contribution in [2.75, 3.05) is 13.1 Å². The Bertz CT molecular complexity index is 918. The van der Waals surface area contributed by atoms with Crippen LogP contribution in [0.25, 0.3) is 16.7 Å². The number of alkyl halides is 1. The summed E-state index contributed by atoms with van der Waals surface area (Å²) in [5.41, 5.74) is 2.13. The second kappa shape index (κ2) is 6.54. The normalized spacial score (nSPS) is 20.0. The summed E-state index contributed by atoms with van der Waals surface area (Å²) in [6, 6.07) is 5.54. The number of rotatable bonds is 2. The van der Waals surface area contributed by atoms with Crippen LogP contribution in [0.3, 0.4) is 0 Å². The fraction of sp³-hybridized carbons (Fsp3) is 0.400. The van der Waals surface area contributed by atoms with Crippen molar-refractivity contribution in [3.8, 4) is 0 Å². The predicted molar refractivity (Wildman–Crippen MR) is 102 cm³/mol. The molecule has 1 fully saturated rings. The molecule has 0 radical (unpaired) electrons. The van der Waals surface area contributed by atoms with Gasteiger partial charge in [0.2, 0.25) is 0 Å². The minimum absolute atomic E-state index is 0.0585. The van der Waals surface area contributed by atoms with Gasteiger partial charge >= 0.3 is 0 Å². The first-order valence-corrected chi connectivity index (χ1v) is 9.33. The smallest absolute Gasteiger partial charge is 0.253 e. The minimum atomic E-state index is -1.16. The largest absolute Gasteiger partial charge is 0.338 e. The molecule has 4 nitrogen and oxygen atoms in total. The van der Waals surface area contributed by atoms with Gasteiger partial charge in [0.1, 0.15) is 12.0 Å². The van der Waals surface area contributed by atoms with Crippen molar-refractivity contribution in [2.45, 2.75) is 38.3 Å². The Balaban J connectivity index is 1.59. The molecule has 0 atom stereocenters. The van der Waals surface area contributed by atoms with E-state index in [1.54, 1.807) is 18.2 Å². The second-order valence-corrected chi connectivity index (χ2v) is 7.77. The van der Waals surface area contributed by atoms with E-state index in [4.69, 9.17) is 11.6 Å². The van der Waals surface area contributed by atoms with E-state index >= 15 is 0 Å². The Kier molecular flexibility index (Phi) is 4.35. The number of nitrogens with zero attached hydrogens (tertiary/aromatic N) is 3. The second-order valence-electron chi connectivity index (χ2n) is 7.28. The van der Waals surface area contributed by atoms with E-state index in [-0.39, 0.29) is 5.91 Å². The van der Waals surface area contributed by atoms with E-state index < -0.39 is 5.67 Å². The zero-order chi connectivity index (χ0) is 18.3. The predicted octanol–water partition coefficient (Wildman–Crippen LogP) is 4.76. The van der Waals surface area contributed by atoms with Crippen LogP contribution in [0.4, 0.5) is 4.39 Å². The molecule has 2 aliphatic rings. The molecule has 0 spiro atoms. The van der Waals surface area contributed by atoms with Crippen LogP contribution in [-0.2, 0) is 0 Å². The SMILES string of the molecule is CC1(F)CCN(C(=O)c2ccc3c(c2)ncn3C2=CCCC(Cl)=C2)CC1. The fourth-order valence-corrected chi connectivity index (χ4v) is 3.75. The van der Waals surface area contributed by atoms with Crippen LogP contribution in [0.1, 0.15) is 43.0 Å². The van der Waals surface area contributed by atoms with Gasteiger partial charge in [-0.25, -0.2) is 9.37 Å². The van der Waals surface area contributed by atoms with Crippen LogP contribution in [-0.4, -0.2) is 39.1 Å². The first-order chi connectivity index (χ1) is 12.4. The number of carbonyl (C=O) groups excluding carboxylic acids is 1. The standard InChI is InChI=1S/C20H21ClFN3O/c1-20(22)7-9-24(10-8-20)19(26)14-5-6-18-17(11-14)23-13-25(18)16-4-2-3-15(21)12-16/h4-6,11-13H,2-3,7-10H2,1H3. The number of allylic oxidation sites excluding steroid dienone is 4. The molecular formula is C20H21ClFN3O. The van der Waals surface area contributed by atoms with Crippen LogP contribution >= 0.6 is 11.6 Å². The van der Waals surface area contributed by atoms with Crippen LogP contribution in [0, 0.1) is 0 Å². The number of aromatic nitrogens is 2. The lowest BCUT2D eigenvalue weighted by atomic mass is 9.95. The van der Waals surface area contributed by atoms with Crippen molar-refractivity contribution in [3.63, 3.8) is 0 Å². The lowest BCUT2D eigenvalue weighted by Gasteiger charge is -2.34. The van der Waals surface area contributed by atoms with E-state index in [9.17, 15) is 9.18 Å². The summed E-state index contributed by atoms with van der Waals surface area (Å²) < 4.78 is 15.9. The lowest BCUT2D eigenvalue weighted by Crippen LogP contribution is -2.43. The van der Waals surface area contributed by atoms with Crippen LogP contribution in [0.5, 0.6) is 0 Å². The maximum absolute atomic E-state index is 14.0. The Hall–Kier alpha value is -2.14. The Morgan fingerprint density at radius 1 is 1.31 bits per heavy atom. The topological polar surface area (TPSA) is 38.1 Å². The van der Waals surface area contributed by atoms with E-state index in [1.165, 1.54) is 0 Å². The number of amides is 1.